The average molecular weight is 427 g/mol. The van der Waals surface area contributed by atoms with Gasteiger partial charge in [0.15, 0.2) is 5.82 Å². The second-order valence-corrected chi connectivity index (χ2v) is 9.35. The monoisotopic (exact) mass is 426 g/mol. The lowest BCUT2D eigenvalue weighted by Gasteiger charge is -2.34. The minimum Gasteiger partial charge on any atom is -0.352 e. The third kappa shape index (κ3) is 4.06. The minimum atomic E-state index is -3.52. The molecule has 3 aromatic rings. The molecular formula is C22H23FN4O2S. The zero-order valence-corrected chi connectivity index (χ0v) is 17.7. The van der Waals surface area contributed by atoms with Crippen molar-refractivity contribution in [2.45, 2.75) is 18.7 Å². The van der Waals surface area contributed by atoms with Crippen LogP contribution in [0.4, 0.5) is 10.2 Å². The molecule has 1 fully saturated rings. The van der Waals surface area contributed by atoms with E-state index in [1.807, 2.05) is 43.0 Å². The van der Waals surface area contributed by atoms with Gasteiger partial charge in [-0.1, -0.05) is 17.7 Å². The van der Waals surface area contributed by atoms with Crippen molar-refractivity contribution < 1.29 is 12.8 Å². The number of rotatable bonds is 4. The first-order valence-corrected chi connectivity index (χ1v) is 11.2. The molecule has 0 bridgehead atoms. The summed E-state index contributed by atoms with van der Waals surface area (Å²) in [5, 5.41) is 8.53. The maximum absolute atomic E-state index is 13.1. The Kier molecular flexibility index (Phi) is 5.53. The van der Waals surface area contributed by atoms with Crippen LogP contribution in [0.1, 0.15) is 11.1 Å². The molecule has 2 aromatic carbocycles. The number of anilines is 1. The Balaban J connectivity index is 1.44. The molecule has 8 heteroatoms. The summed E-state index contributed by atoms with van der Waals surface area (Å²) in [6.07, 6.45) is 0. The lowest BCUT2D eigenvalue weighted by atomic mass is 10.1. The third-order valence-electron chi connectivity index (χ3n) is 5.30. The van der Waals surface area contributed by atoms with Crippen LogP contribution in [0.5, 0.6) is 0 Å². The molecule has 6 nitrogen and oxygen atoms in total. The molecule has 1 saturated heterocycles. The van der Waals surface area contributed by atoms with Crippen molar-refractivity contribution in [3.8, 4) is 11.3 Å². The van der Waals surface area contributed by atoms with E-state index >= 15 is 0 Å². The summed E-state index contributed by atoms with van der Waals surface area (Å²) in [5.74, 6) is 0.404. The largest absolute Gasteiger partial charge is 0.352 e. The molecule has 1 aliphatic heterocycles. The number of piperazine rings is 1. The van der Waals surface area contributed by atoms with E-state index in [1.165, 1.54) is 16.4 Å². The van der Waals surface area contributed by atoms with Crippen LogP contribution in [0, 0.1) is 19.7 Å². The summed E-state index contributed by atoms with van der Waals surface area (Å²) in [6.45, 7) is 5.62. The van der Waals surface area contributed by atoms with E-state index in [0.29, 0.717) is 42.6 Å². The first kappa shape index (κ1) is 20.4. The van der Waals surface area contributed by atoms with E-state index < -0.39 is 10.0 Å². The fourth-order valence-corrected chi connectivity index (χ4v) is 5.28. The molecular weight excluding hydrogens is 403 g/mol. The molecule has 0 N–H and O–H groups in total. The molecule has 0 aliphatic carbocycles. The molecule has 0 atom stereocenters. The fourth-order valence-electron chi connectivity index (χ4n) is 3.65. The van der Waals surface area contributed by atoms with Crippen LogP contribution in [0.3, 0.4) is 0 Å². The van der Waals surface area contributed by atoms with Gasteiger partial charge < -0.3 is 4.90 Å². The van der Waals surface area contributed by atoms with Crippen LogP contribution in [-0.2, 0) is 10.0 Å². The van der Waals surface area contributed by atoms with Gasteiger partial charge in [0.25, 0.3) is 0 Å². The quantitative estimate of drug-likeness (QED) is 0.640. The van der Waals surface area contributed by atoms with Crippen molar-refractivity contribution in [2.24, 2.45) is 0 Å². The molecule has 0 saturated carbocycles. The molecule has 0 amide bonds. The Labute approximate surface area is 176 Å². The summed E-state index contributed by atoms with van der Waals surface area (Å²) in [5.41, 5.74) is 3.26. The van der Waals surface area contributed by atoms with E-state index in [4.69, 9.17) is 0 Å². The SMILES string of the molecule is Cc1ccc(S(=O)(=O)N2CCN(c3ccc(-c4ccc(F)cc4)nn3)CC2)c(C)c1. The third-order valence-corrected chi connectivity index (χ3v) is 7.36. The van der Waals surface area contributed by atoms with Gasteiger partial charge in [-0.25, -0.2) is 12.8 Å². The molecule has 2 heterocycles. The molecule has 30 heavy (non-hydrogen) atoms. The Morgan fingerprint density at radius 3 is 2.17 bits per heavy atom. The summed E-state index contributed by atoms with van der Waals surface area (Å²) in [4.78, 5) is 2.39. The van der Waals surface area contributed by atoms with E-state index in [1.54, 1.807) is 18.2 Å². The number of aromatic nitrogens is 2. The molecule has 1 aliphatic rings. The van der Waals surface area contributed by atoms with Crippen LogP contribution in [0.2, 0.25) is 0 Å². The number of sulfonamides is 1. The lowest BCUT2D eigenvalue weighted by Crippen LogP contribution is -2.49. The average Bonchev–Trinajstić information content (AvgIpc) is 2.74. The van der Waals surface area contributed by atoms with Crippen molar-refractivity contribution in [1.29, 1.82) is 0 Å². The molecule has 1 aromatic heterocycles. The standard InChI is InChI=1S/C22H23FN4O2S/c1-16-3-9-21(17(2)15-16)30(28,29)27-13-11-26(12-14-27)22-10-8-20(24-25-22)18-4-6-19(23)7-5-18/h3-10,15H,11-14H2,1-2H3. The molecule has 4 rings (SSSR count). The van der Waals surface area contributed by atoms with Gasteiger partial charge in [-0.15, -0.1) is 10.2 Å². The number of halogens is 1. The number of hydrogen-bond donors (Lipinski definition) is 0. The van der Waals surface area contributed by atoms with E-state index in [2.05, 4.69) is 10.2 Å². The zero-order valence-electron chi connectivity index (χ0n) is 16.9. The highest BCUT2D eigenvalue weighted by molar-refractivity contribution is 7.89. The van der Waals surface area contributed by atoms with Crippen molar-refractivity contribution in [2.75, 3.05) is 31.1 Å². The number of hydrogen-bond acceptors (Lipinski definition) is 5. The maximum Gasteiger partial charge on any atom is 0.243 e. The highest BCUT2D eigenvalue weighted by Gasteiger charge is 2.30. The van der Waals surface area contributed by atoms with Gasteiger partial charge in [0, 0.05) is 31.7 Å². The second-order valence-electron chi connectivity index (χ2n) is 7.44. The predicted molar refractivity (Wildman–Crippen MR) is 114 cm³/mol. The highest BCUT2D eigenvalue weighted by atomic mass is 32.2. The van der Waals surface area contributed by atoms with Crippen LogP contribution < -0.4 is 4.90 Å². The Morgan fingerprint density at radius 1 is 0.867 bits per heavy atom. The van der Waals surface area contributed by atoms with Crippen LogP contribution >= 0.6 is 0 Å². The maximum atomic E-state index is 13.1. The normalized spacial score (nSPS) is 15.4. The summed E-state index contributed by atoms with van der Waals surface area (Å²) >= 11 is 0. The lowest BCUT2D eigenvalue weighted by molar-refractivity contribution is 0.383. The minimum absolute atomic E-state index is 0.294. The molecule has 0 radical (unpaired) electrons. The fraction of sp³-hybridized carbons (Fsp3) is 0.273. The molecule has 0 unspecified atom stereocenters. The summed E-state index contributed by atoms with van der Waals surface area (Å²) in [6, 6.07) is 15.2. The van der Waals surface area contributed by atoms with Crippen molar-refractivity contribution >= 4 is 15.8 Å². The van der Waals surface area contributed by atoms with Gasteiger partial charge in [-0.3, -0.25) is 0 Å². The summed E-state index contributed by atoms with van der Waals surface area (Å²) in [7, 11) is -3.52. The Morgan fingerprint density at radius 2 is 1.57 bits per heavy atom. The highest BCUT2D eigenvalue weighted by Crippen LogP contribution is 2.24. The molecule has 0 spiro atoms. The van der Waals surface area contributed by atoms with E-state index in [0.717, 1.165) is 16.7 Å². The first-order valence-electron chi connectivity index (χ1n) is 9.76. The van der Waals surface area contributed by atoms with Gasteiger partial charge in [0.2, 0.25) is 10.0 Å². The van der Waals surface area contributed by atoms with Gasteiger partial charge >= 0.3 is 0 Å². The van der Waals surface area contributed by atoms with Gasteiger partial charge in [0.1, 0.15) is 5.82 Å². The topological polar surface area (TPSA) is 66.4 Å². The zero-order chi connectivity index (χ0) is 21.3. The number of benzene rings is 2. The van der Waals surface area contributed by atoms with Gasteiger partial charge in [-0.05, 0) is 61.9 Å². The summed E-state index contributed by atoms with van der Waals surface area (Å²) < 4.78 is 40.7. The Bertz CT molecular complexity index is 1140. The number of aryl methyl sites for hydroxylation is 2. The number of nitrogens with zero attached hydrogens (tertiary/aromatic N) is 4. The molecule has 156 valence electrons. The van der Waals surface area contributed by atoms with Crippen LogP contribution in [-0.4, -0.2) is 49.1 Å². The van der Waals surface area contributed by atoms with E-state index in [-0.39, 0.29) is 5.82 Å². The first-order chi connectivity index (χ1) is 14.3. The van der Waals surface area contributed by atoms with Crippen LogP contribution in [0.15, 0.2) is 59.5 Å². The second kappa shape index (κ2) is 8.12. The van der Waals surface area contributed by atoms with Crippen molar-refractivity contribution in [3.05, 3.63) is 71.5 Å². The van der Waals surface area contributed by atoms with E-state index in [9.17, 15) is 12.8 Å². The Hall–Kier alpha value is -2.84. The van der Waals surface area contributed by atoms with Crippen molar-refractivity contribution in [3.63, 3.8) is 0 Å². The van der Waals surface area contributed by atoms with Crippen LogP contribution in [0.25, 0.3) is 11.3 Å². The van der Waals surface area contributed by atoms with Crippen molar-refractivity contribution in [1.82, 2.24) is 14.5 Å². The van der Waals surface area contributed by atoms with Gasteiger partial charge in [-0.2, -0.15) is 4.31 Å². The predicted octanol–water partition coefficient (Wildman–Crippen LogP) is 3.41. The smallest absolute Gasteiger partial charge is 0.243 e. The van der Waals surface area contributed by atoms with Gasteiger partial charge in [0.05, 0.1) is 10.6 Å².